The quantitative estimate of drug-likeness (QED) is 0.183. The molecule has 0 amide bonds. The summed E-state index contributed by atoms with van der Waals surface area (Å²) in [6, 6.07) is 29.5. The molecule has 0 unspecified atom stereocenters. The molecule has 34 heavy (non-hydrogen) atoms. The van der Waals surface area contributed by atoms with Crippen LogP contribution in [0.15, 0.2) is 101 Å². The summed E-state index contributed by atoms with van der Waals surface area (Å²) in [7, 11) is 1.69. The minimum atomic E-state index is 0.805. The van der Waals surface area contributed by atoms with Crippen molar-refractivity contribution in [2.75, 3.05) is 7.11 Å². The van der Waals surface area contributed by atoms with Crippen LogP contribution in [-0.4, -0.2) is 23.1 Å². The molecule has 1 heterocycles. The second-order valence-electron chi connectivity index (χ2n) is 8.30. The van der Waals surface area contributed by atoms with Gasteiger partial charge in [0.25, 0.3) is 0 Å². The molecule has 0 fully saturated rings. The largest absolute Gasteiger partial charge is 0.497 e. The number of hydrogen-bond acceptors (Lipinski definition) is 4. The van der Waals surface area contributed by atoms with E-state index in [1.54, 1.807) is 25.1 Å². The van der Waals surface area contributed by atoms with E-state index in [0.29, 0.717) is 0 Å². The maximum Gasteiger partial charge on any atom is 0.119 e. The summed E-state index contributed by atoms with van der Waals surface area (Å²) in [6.07, 6.45) is 3.25. The van der Waals surface area contributed by atoms with Gasteiger partial charge in [-0.1, -0.05) is 64.9 Å². The van der Waals surface area contributed by atoms with Crippen molar-refractivity contribution >= 4 is 22.9 Å². The Hall–Kier alpha value is -3.70. The number of oxime groups is 1. The second-order valence-corrected chi connectivity index (χ2v) is 9.39. The van der Waals surface area contributed by atoms with E-state index in [1.165, 1.54) is 16.8 Å². The zero-order chi connectivity index (χ0) is 23.5. The van der Waals surface area contributed by atoms with Crippen LogP contribution in [0.3, 0.4) is 0 Å². The lowest BCUT2D eigenvalue weighted by Gasteiger charge is -2.21. The van der Waals surface area contributed by atoms with E-state index in [2.05, 4.69) is 83.4 Å². The topological polar surface area (TPSA) is 46.8 Å². The molecule has 0 spiro atoms. The minimum absolute atomic E-state index is 0.805. The van der Waals surface area contributed by atoms with Crippen LogP contribution in [0.4, 0.5) is 0 Å². The minimum Gasteiger partial charge on any atom is -0.497 e. The highest BCUT2D eigenvalue weighted by molar-refractivity contribution is 8.08. The summed E-state index contributed by atoms with van der Waals surface area (Å²) in [5.74, 6) is 0.836. The normalized spacial score (nSPS) is 13.4. The van der Waals surface area contributed by atoms with E-state index in [0.717, 1.165) is 50.9 Å². The molecule has 3 aromatic carbocycles. The number of nitrogens with zero attached hydrogens (tertiary/aromatic N) is 2. The monoisotopic (exact) mass is 466 g/mol. The van der Waals surface area contributed by atoms with Crippen LogP contribution in [0.25, 0.3) is 21.8 Å². The van der Waals surface area contributed by atoms with Gasteiger partial charge in [0, 0.05) is 26.7 Å². The number of ether oxygens (including phenoxy) is 1. The van der Waals surface area contributed by atoms with Gasteiger partial charge in [-0.2, -0.15) is 0 Å². The van der Waals surface area contributed by atoms with E-state index >= 15 is 0 Å². The van der Waals surface area contributed by atoms with Gasteiger partial charge >= 0.3 is 0 Å². The average Bonchev–Trinajstić information content (AvgIpc) is 3.27. The zero-order valence-electron chi connectivity index (χ0n) is 19.2. The van der Waals surface area contributed by atoms with Crippen LogP contribution in [0.5, 0.6) is 5.75 Å². The van der Waals surface area contributed by atoms with Crippen LogP contribution in [0.2, 0.25) is 0 Å². The van der Waals surface area contributed by atoms with E-state index in [1.807, 2.05) is 18.2 Å². The van der Waals surface area contributed by atoms with Gasteiger partial charge in [0.15, 0.2) is 0 Å². The van der Waals surface area contributed by atoms with Gasteiger partial charge in [-0.05, 0) is 73.4 Å². The zero-order valence-corrected chi connectivity index (χ0v) is 20.0. The van der Waals surface area contributed by atoms with Crippen molar-refractivity contribution in [3.8, 4) is 22.7 Å². The van der Waals surface area contributed by atoms with E-state index in [9.17, 15) is 5.21 Å². The van der Waals surface area contributed by atoms with Crippen molar-refractivity contribution in [3.63, 3.8) is 0 Å². The molecule has 0 atom stereocenters. The third-order valence-electron chi connectivity index (χ3n) is 6.12. The fraction of sp³-hybridized carbons (Fsp3) is 0.138. The van der Waals surface area contributed by atoms with Crippen LogP contribution in [0.1, 0.15) is 23.2 Å². The molecule has 1 aliphatic rings. The van der Waals surface area contributed by atoms with Gasteiger partial charge in [0.2, 0.25) is 0 Å². The number of aromatic nitrogens is 1. The summed E-state index contributed by atoms with van der Waals surface area (Å²) >= 11 is 1.73. The van der Waals surface area contributed by atoms with Gasteiger partial charge in [0.05, 0.1) is 19.0 Å². The fourth-order valence-electron chi connectivity index (χ4n) is 4.42. The predicted octanol–water partition coefficient (Wildman–Crippen LogP) is 7.37. The van der Waals surface area contributed by atoms with Gasteiger partial charge in [0.1, 0.15) is 5.75 Å². The number of aryl methyl sites for hydroxylation is 1. The number of benzene rings is 3. The van der Waals surface area contributed by atoms with Gasteiger partial charge in [-0.15, -0.1) is 0 Å². The SMILES string of the molecule is COc1ccc(-n2c(-c3ccccc3)cc3c2CCC(/C=N\O)=C3Sc2ccc(C)cc2)cc1. The molecule has 0 bridgehead atoms. The van der Waals surface area contributed by atoms with Crippen molar-refractivity contribution in [3.05, 3.63) is 107 Å². The predicted molar refractivity (Wildman–Crippen MR) is 140 cm³/mol. The lowest BCUT2D eigenvalue weighted by Crippen LogP contribution is -2.09. The van der Waals surface area contributed by atoms with Crippen molar-refractivity contribution in [2.45, 2.75) is 24.7 Å². The number of allylic oxidation sites excluding steroid dienone is 1. The standard InChI is InChI=1S/C29H26N2O2S/c1-20-8-15-25(16-9-20)34-29-22(19-30-32)10-17-27-26(29)18-28(21-6-4-3-5-7-21)31(27)23-11-13-24(33-2)14-12-23/h3-9,11-16,18-19,32H,10,17H2,1-2H3/b30-19-. The second kappa shape index (κ2) is 9.65. The summed E-state index contributed by atoms with van der Waals surface area (Å²) in [5.41, 5.74) is 8.11. The highest BCUT2D eigenvalue weighted by Gasteiger charge is 2.26. The molecule has 5 rings (SSSR count). The Balaban J connectivity index is 1.70. The molecule has 1 aromatic heterocycles. The maximum atomic E-state index is 9.36. The van der Waals surface area contributed by atoms with Crippen molar-refractivity contribution < 1.29 is 9.94 Å². The number of rotatable bonds is 6. The lowest BCUT2D eigenvalue weighted by molar-refractivity contribution is 0.321. The molecule has 1 N–H and O–H groups in total. The Kier molecular flexibility index (Phi) is 6.28. The Labute approximate surface area is 204 Å². The molecule has 0 saturated heterocycles. The van der Waals surface area contributed by atoms with Gasteiger partial charge in [-0.25, -0.2) is 0 Å². The van der Waals surface area contributed by atoms with Crippen molar-refractivity contribution in [1.29, 1.82) is 0 Å². The van der Waals surface area contributed by atoms with Crippen molar-refractivity contribution in [2.24, 2.45) is 5.16 Å². The number of hydrogen-bond donors (Lipinski definition) is 1. The molecule has 4 nitrogen and oxygen atoms in total. The van der Waals surface area contributed by atoms with Crippen molar-refractivity contribution in [1.82, 2.24) is 4.57 Å². The van der Waals surface area contributed by atoms with Crippen LogP contribution in [-0.2, 0) is 6.42 Å². The molecule has 0 radical (unpaired) electrons. The van der Waals surface area contributed by atoms with Crippen LogP contribution in [0, 0.1) is 6.92 Å². The maximum absolute atomic E-state index is 9.36. The Morgan fingerprint density at radius 3 is 2.35 bits per heavy atom. The van der Waals surface area contributed by atoms with Gasteiger partial charge in [-0.3, -0.25) is 0 Å². The third-order valence-corrected chi connectivity index (χ3v) is 7.32. The molecule has 4 aromatic rings. The Bertz CT molecular complexity index is 1350. The molecule has 0 saturated carbocycles. The van der Waals surface area contributed by atoms with E-state index in [4.69, 9.17) is 4.74 Å². The van der Waals surface area contributed by atoms with Crippen LogP contribution < -0.4 is 4.74 Å². The van der Waals surface area contributed by atoms with E-state index < -0.39 is 0 Å². The molecular weight excluding hydrogens is 440 g/mol. The summed E-state index contributed by atoms with van der Waals surface area (Å²) in [6.45, 7) is 2.09. The number of thioether (sulfide) groups is 1. The lowest BCUT2D eigenvalue weighted by atomic mass is 9.97. The first-order valence-electron chi connectivity index (χ1n) is 11.3. The average molecular weight is 467 g/mol. The first-order valence-corrected chi connectivity index (χ1v) is 12.1. The molecular formula is C29H26N2O2S. The Morgan fingerprint density at radius 1 is 0.941 bits per heavy atom. The van der Waals surface area contributed by atoms with Crippen LogP contribution >= 0.6 is 11.8 Å². The molecule has 1 aliphatic carbocycles. The third kappa shape index (κ3) is 4.27. The van der Waals surface area contributed by atoms with E-state index in [-0.39, 0.29) is 0 Å². The smallest absolute Gasteiger partial charge is 0.119 e. The Morgan fingerprint density at radius 2 is 1.68 bits per heavy atom. The number of fused-ring (bicyclic) bond motifs is 1. The molecule has 170 valence electrons. The number of methoxy groups -OCH3 is 1. The summed E-state index contributed by atoms with van der Waals surface area (Å²) in [4.78, 5) is 2.29. The first kappa shape index (κ1) is 22.1. The molecule has 0 aliphatic heterocycles. The highest BCUT2D eigenvalue weighted by Crippen LogP contribution is 2.45. The fourth-order valence-corrected chi connectivity index (χ4v) is 5.50. The summed E-state index contributed by atoms with van der Waals surface area (Å²) < 4.78 is 7.74. The summed E-state index contributed by atoms with van der Waals surface area (Å²) in [5, 5.41) is 12.7. The highest BCUT2D eigenvalue weighted by atomic mass is 32.2. The van der Waals surface area contributed by atoms with Gasteiger partial charge < -0.3 is 14.5 Å². The first-order chi connectivity index (χ1) is 16.7. The molecule has 5 heteroatoms.